The Labute approximate surface area is 851 Å². The van der Waals surface area contributed by atoms with Crippen molar-refractivity contribution < 1.29 is 125 Å². The van der Waals surface area contributed by atoms with Crippen LogP contribution in [0.2, 0.25) is 0 Å². The van der Waals surface area contributed by atoms with Crippen molar-refractivity contribution in [3.63, 3.8) is 0 Å². The topological polar surface area (TPSA) is 380 Å². The summed E-state index contributed by atoms with van der Waals surface area (Å²) in [5.74, 6) is 0.562. The van der Waals surface area contributed by atoms with Gasteiger partial charge in [0.15, 0.2) is 22.9 Å². The Bertz CT molecular complexity index is 4590. The van der Waals surface area contributed by atoms with E-state index in [1.165, 1.54) is 64.2 Å². The number of nitrogens with zero attached hydrogens (tertiary/aromatic N) is 1. The average molecular weight is 2000 g/mol. The molecule has 3 saturated heterocycles. The molecule has 2 N–H and O–H groups in total. The molecule has 19 unspecified atom stereocenters. The molecule has 143 heavy (non-hydrogen) atoms. The fourth-order valence-electron chi connectivity index (χ4n) is 31.0. The predicted molar refractivity (Wildman–Crippen MR) is 527 cm³/mol. The lowest BCUT2D eigenvalue weighted by Gasteiger charge is -2.61. The molecule has 23 fully saturated rings. The van der Waals surface area contributed by atoms with E-state index in [1.54, 1.807) is 13.8 Å². The van der Waals surface area contributed by atoms with Gasteiger partial charge in [-0.25, -0.2) is 4.79 Å². The van der Waals surface area contributed by atoms with E-state index in [0.29, 0.717) is 106 Å². The fraction of sp³-hybridized carbons (Fsp3) is 0.888. The first-order valence-corrected chi connectivity index (χ1v) is 55.9. The molecule has 18 bridgehead atoms. The quantitative estimate of drug-likeness (QED) is 0.0438. The summed E-state index contributed by atoms with van der Waals surface area (Å²) in [4.78, 5) is 151. The second-order valence-corrected chi connectivity index (χ2v) is 55.0. The van der Waals surface area contributed by atoms with E-state index in [4.69, 9.17) is 56.8 Å². The van der Waals surface area contributed by atoms with Crippen LogP contribution in [0.4, 0.5) is 0 Å². The molecule has 3 aliphatic heterocycles. The first-order chi connectivity index (χ1) is 66.5. The van der Waals surface area contributed by atoms with Crippen LogP contribution < -0.4 is 0 Å². The Morgan fingerprint density at radius 1 is 0.357 bits per heavy atom. The standard InChI is InChI=1S/2C24H36O6.C19H32O2.C17H21NO6.2C16H26O3/c2*1-6-22(2,3)19(25)28-17-14-12-16-18(17)29-20(26)24(16,13-14)21(27)30-23(4,5)15-10-8-7-9-11-15;1-6-17(2,3)16(20)21-18(4,5)19-10-13-7-14(11-19)9-15(8-13)12-19;1-4-16(2,3)14(20)22-7-11(19)23-12-9-5-10-13(12)24-15(21)17(10,6-9)8-18;2*1-4-14(2,3)13(17)19-16-8-11-5-12(9-16)7-15(18,6-11)10-16/h2*14-18H,6-13H2,1-5H3;13-15H,6-12H2,1-5H3;9-10,12-13H,4-7H2,1-3H3;2*11-12,18H,4-10H2,1-3H3. The maximum absolute atomic E-state index is 13.4. The first-order valence-electron chi connectivity index (χ1n) is 55.9. The number of hydrogen-bond donors (Lipinski definition) is 2. The smallest absolute Gasteiger partial charge is 0.344 e. The van der Waals surface area contributed by atoms with Crippen molar-refractivity contribution in [3.8, 4) is 6.07 Å². The van der Waals surface area contributed by atoms with Crippen molar-refractivity contribution in [1.82, 2.24) is 0 Å². The molecule has 23 rings (SSSR count). The molecule has 0 aromatic rings. The first kappa shape index (κ1) is 110. The molecule has 0 aromatic carbocycles. The van der Waals surface area contributed by atoms with E-state index in [0.717, 1.165) is 140 Å². The molecule has 0 amide bonds. The Hall–Kier alpha value is -6.95. The van der Waals surface area contributed by atoms with Gasteiger partial charge in [-0.2, -0.15) is 5.26 Å². The number of ether oxygens (including phenoxy) is 12. The summed E-state index contributed by atoms with van der Waals surface area (Å²) in [6.45, 7) is 46.4. The van der Waals surface area contributed by atoms with Crippen LogP contribution in [-0.2, 0) is 114 Å². The van der Waals surface area contributed by atoms with E-state index in [-0.39, 0.29) is 93.0 Å². The third kappa shape index (κ3) is 20.8. The second-order valence-electron chi connectivity index (χ2n) is 55.0. The predicted octanol–water partition coefficient (Wildman–Crippen LogP) is 20.8. The molecule has 20 saturated carbocycles. The monoisotopic (exact) mass is 2000 g/mol. The van der Waals surface area contributed by atoms with Crippen molar-refractivity contribution in [1.29, 1.82) is 5.26 Å². The molecule has 27 heteroatoms. The highest BCUT2D eigenvalue weighted by Crippen LogP contribution is 2.70. The summed E-state index contributed by atoms with van der Waals surface area (Å²) < 4.78 is 68.9. The van der Waals surface area contributed by atoms with E-state index in [1.807, 2.05) is 132 Å². The van der Waals surface area contributed by atoms with Crippen LogP contribution in [0, 0.1) is 154 Å². The maximum atomic E-state index is 13.4. The van der Waals surface area contributed by atoms with Crippen LogP contribution in [0.25, 0.3) is 0 Å². The van der Waals surface area contributed by atoms with Crippen molar-refractivity contribution in [2.75, 3.05) is 6.61 Å². The number of aliphatic hydroxyl groups is 2. The number of fused-ring (bicyclic) bond motifs is 3. The molecule has 20 aliphatic carbocycles. The van der Waals surface area contributed by atoms with Crippen LogP contribution in [0.3, 0.4) is 0 Å². The largest absolute Gasteiger partial charge is 0.459 e. The molecule has 19 atom stereocenters. The van der Waals surface area contributed by atoms with Gasteiger partial charge in [-0.3, -0.25) is 52.7 Å². The highest BCUT2D eigenvalue weighted by molar-refractivity contribution is 6.04. The third-order valence-corrected chi connectivity index (χ3v) is 41.4. The molecular weight excluding hydrogens is 1820 g/mol. The van der Waals surface area contributed by atoms with Gasteiger partial charge in [-0.05, 0) is 383 Å². The lowest BCUT2D eigenvalue weighted by Crippen LogP contribution is -2.61. The third-order valence-electron chi connectivity index (χ3n) is 41.4. The molecule has 0 aromatic heterocycles. The Balaban J connectivity index is 0.000000130. The minimum Gasteiger partial charge on any atom is -0.459 e. The Kier molecular flexibility index (Phi) is 30.4. The number of rotatable bonds is 27. The van der Waals surface area contributed by atoms with E-state index >= 15 is 0 Å². The van der Waals surface area contributed by atoms with Gasteiger partial charge in [0, 0.05) is 53.8 Å². The van der Waals surface area contributed by atoms with Gasteiger partial charge >= 0.3 is 71.6 Å². The number of carbonyl (C=O) groups is 12. The van der Waals surface area contributed by atoms with Gasteiger partial charge in [0.1, 0.15) is 64.6 Å². The number of hydrogen-bond acceptors (Lipinski definition) is 27. The molecule has 3 heterocycles. The van der Waals surface area contributed by atoms with Crippen molar-refractivity contribution in [3.05, 3.63) is 0 Å². The second kappa shape index (κ2) is 39.4. The Morgan fingerprint density at radius 3 is 1.03 bits per heavy atom. The molecule has 802 valence electrons. The van der Waals surface area contributed by atoms with Crippen molar-refractivity contribution in [2.24, 2.45) is 143 Å². The van der Waals surface area contributed by atoms with Crippen LogP contribution in [0.1, 0.15) is 423 Å². The summed E-state index contributed by atoms with van der Waals surface area (Å²) in [6, 6.07) is 2.10. The van der Waals surface area contributed by atoms with Gasteiger partial charge in [0.25, 0.3) is 0 Å². The van der Waals surface area contributed by atoms with Gasteiger partial charge in [0.2, 0.25) is 0 Å². The summed E-state index contributed by atoms with van der Waals surface area (Å²) in [5.41, 5.74) is -9.57. The van der Waals surface area contributed by atoms with Gasteiger partial charge in [0.05, 0.1) is 49.8 Å². The number of carbonyl (C=O) groups excluding carboxylic acids is 12. The van der Waals surface area contributed by atoms with Crippen LogP contribution >= 0.6 is 0 Å². The van der Waals surface area contributed by atoms with E-state index in [9.17, 15) is 73.0 Å². The molecule has 0 radical (unpaired) electrons. The van der Waals surface area contributed by atoms with Crippen LogP contribution in [0.15, 0.2) is 0 Å². The van der Waals surface area contributed by atoms with Gasteiger partial charge < -0.3 is 67.1 Å². The van der Waals surface area contributed by atoms with Gasteiger partial charge in [-0.15, -0.1) is 0 Å². The molecule has 23 aliphatic rings. The fourth-order valence-corrected chi connectivity index (χ4v) is 31.0. The maximum Gasteiger partial charge on any atom is 0.344 e. The Morgan fingerprint density at radius 2 is 0.671 bits per heavy atom. The summed E-state index contributed by atoms with van der Waals surface area (Å²) in [6.07, 6.45) is 35.1. The number of esters is 12. The zero-order valence-corrected chi connectivity index (χ0v) is 91.3. The zero-order valence-electron chi connectivity index (χ0n) is 91.3. The molecule has 0 spiro atoms. The molecule has 27 nitrogen and oxygen atoms in total. The van der Waals surface area contributed by atoms with Crippen molar-refractivity contribution >= 4 is 71.6 Å². The van der Waals surface area contributed by atoms with Crippen LogP contribution in [0.5, 0.6) is 0 Å². The highest BCUT2D eigenvalue weighted by Gasteiger charge is 2.79. The van der Waals surface area contributed by atoms with Crippen LogP contribution in [-0.4, -0.2) is 164 Å². The minimum absolute atomic E-state index is 0.00857. The average Bonchev–Trinajstić information content (AvgIpc) is 1.53. The summed E-state index contributed by atoms with van der Waals surface area (Å²) in [7, 11) is 0. The summed E-state index contributed by atoms with van der Waals surface area (Å²) >= 11 is 0. The highest BCUT2D eigenvalue weighted by atomic mass is 16.6. The minimum atomic E-state index is -1.22. The normalized spacial score (nSPS) is 38.6. The van der Waals surface area contributed by atoms with E-state index in [2.05, 4.69) is 26.8 Å². The molecular formula is C116H177NO26. The lowest BCUT2D eigenvalue weighted by atomic mass is 9.46. The SMILES string of the molecule is CCC(C)(C)C(=O)OC(C)(C)C12CC3CC(CC(C3)C1)C2.CCC(C)(C)C(=O)OC12CC3CC(CC(O)(C3)C1)C2.CCC(C)(C)C(=O)OC12CC3CC(CC(O)(C3)C1)C2.CCC(C)(C)C(=O)OC1C2CC3C1OC(=O)C3(C(=O)OC(C)(C)C1CCCCC1)C2.CCC(C)(C)C(=O)OC1C2CC3C1OC(=O)C3(C(=O)OC(C)(C)C1CCCCC1)C2.CCC(C)(C)C(=O)OCC(=O)OC1C2CC3C1OC(=O)C3(C#N)C2. The summed E-state index contributed by atoms with van der Waals surface area (Å²) in [5, 5.41) is 30.6. The van der Waals surface area contributed by atoms with Gasteiger partial charge in [-0.1, -0.05) is 80.1 Å². The van der Waals surface area contributed by atoms with E-state index < -0.39 is 151 Å². The zero-order chi connectivity index (χ0) is 105. The number of nitriles is 1. The lowest BCUT2D eigenvalue weighted by molar-refractivity contribution is -0.226. The van der Waals surface area contributed by atoms with Crippen molar-refractivity contribution in [2.45, 2.75) is 499 Å².